The third-order valence-electron chi connectivity index (χ3n) is 2.82. The zero-order chi connectivity index (χ0) is 13.1. The predicted molar refractivity (Wildman–Crippen MR) is 76.1 cm³/mol. The summed E-state index contributed by atoms with van der Waals surface area (Å²) in [6.45, 7) is 2.14. The maximum absolute atomic E-state index is 5.20. The van der Waals surface area contributed by atoms with Crippen molar-refractivity contribution in [1.29, 1.82) is 0 Å². The van der Waals surface area contributed by atoms with Crippen molar-refractivity contribution in [3.63, 3.8) is 0 Å². The van der Waals surface area contributed by atoms with Gasteiger partial charge in [0.2, 0.25) is 12.3 Å². The first-order chi connectivity index (χ1) is 9.33. The second kappa shape index (κ2) is 5.24. The Morgan fingerprint density at radius 1 is 1.26 bits per heavy atom. The van der Waals surface area contributed by atoms with E-state index in [1.807, 2.05) is 24.3 Å². The van der Waals surface area contributed by atoms with Gasteiger partial charge in [0.25, 0.3) is 0 Å². The molecule has 2 heterocycles. The maximum Gasteiger partial charge on any atom is 0.247 e. The van der Waals surface area contributed by atoms with Crippen LogP contribution in [0.1, 0.15) is 17.8 Å². The molecule has 0 saturated carbocycles. The first-order valence-corrected chi connectivity index (χ1v) is 6.87. The summed E-state index contributed by atoms with van der Waals surface area (Å²) < 4.78 is 5.20. The molecule has 0 aliphatic heterocycles. The third-order valence-corrected chi connectivity index (χ3v) is 3.88. The van der Waals surface area contributed by atoms with Crippen molar-refractivity contribution in [2.24, 2.45) is 0 Å². The lowest BCUT2D eigenvalue weighted by molar-refractivity contribution is 0.568. The molecule has 5 heteroatoms. The Kier molecular flexibility index (Phi) is 3.29. The van der Waals surface area contributed by atoms with Gasteiger partial charge in [-0.05, 0) is 36.6 Å². The van der Waals surface area contributed by atoms with E-state index in [0.717, 1.165) is 11.3 Å². The van der Waals surface area contributed by atoms with E-state index >= 15 is 0 Å². The Labute approximate surface area is 115 Å². The average Bonchev–Trinajstić information content (AvgIpc) is 3.13. The Morgan fingerprint density at radius 3 is 2.95 bits per heavy atom. The average molecular weight is 271 g/mol. The van der Waals surface area contributed by atoms with Gasteiger partial charge in [-0.3, -0.25) is 0 Å². The number of benzene rings is 1. The molecule has 0 aliphatic rings. The summed E-state index contributed by atoms with van der Waals surface area (Å²) in [6.07, 6.45) is 1.34. The first kappa shape index (κ1) is 11.9. The summed E-state index contributed by atoms with van der Waals surface area (Å²) in [4.78, 5) is 1.31. The Morgan fingerprint density at radius 2 is 2.21 bits per heavy atom. The number of anilines is 1. The lowest BCUT2D eigenvalue weighted by Crippen LogP contribution is -2.04. The molecule has 0 aliphatic carbocycles. The van der Waals surface area contributed by atoms with Crippen LogP contribution in [-0.4, -0.2) is 10.2 Å². The van der Waals surface area contributed by atoms with Gasteiger partial charge in [0.15, 0.2) is 0 Å². The molecule has 0 fully saturated rings. The van der Waals surface area contributed by atoms with Crippen LogP contribution in [0.2, 0.25) is 0 Å². The van der Waals surface area contributed by atoms with Crippen molar-refractivity contribution < 1.29 is 4.42 Å². The Hall–Kier alpha value is -2.14. The fourth-order valence-electron chi connectivity index (χ4n) is 1.90. The molecule has 0 spiro atoms. The summed E-state index contributed by atoms with van der Waals surface area (Å²) in [7, 11) is 0. The summed E-state index contributed by atoms with van der Waals surface area (Å²) in [5, 5.41) is 13.2. The topological polar surface area (TPSA) is 51.0 Å². The minimum Gasteiger partial charge on any atom is -0.423 e. The van der Waals surface area contributed by atoms with Crippen LogP contribution in [0.3, 0.4) is 0 Å². The van der Waals surface area contributed by atoms with E-state index in [0.29, 0.717) is 5.89 Å². The number of nitrogens with zero attached hydrogens (tertiary/aromatic N) is 2. The van der Waals surface area contributed by atoms with Gasteiger partial charge in [0.05, 0.1) is 6.04 Å². The Bertz CT molecular complexity index is 635. The molecule has 0 amide bonds. The van der Waals surface area contributed by atoms with Crippen LogP contribution < -0.4 is 5.32 Å². The van der Waals surface area contributed by atoms with Crippen molar-refractivity contribution in [2.45, 2.75) is 13.0 Å². The molecule has 0 radical (unpaired) electrons. The van der Waals surface area contributed by atoms with Crippen molar-refractivity contribution in [3.05, 3.63) is 53.0 Å². The lowest BCUT2D eigenvalue weighted by atomic mass is 10.2. The molecule has 19 heavy (non-hydrogen) atoms. The lowest BCUT2D eigenvalue weighted by Gasteiger charge is -2.14. The second-order valence-electron chi connectivity index (χ2n) is 4.21. The molecule has 3 aromatic rings. The molecular formula is C14H13N3OS. The molecule has 1 N–H and O–H groups in total. The van der Waals surface area contributed by atoms with Crippen molar-refractivity contribution in [2.75, 3.05) is 5.32 Å². The van der Waals surface area contributed by atoms with E-state index < -0.39 is 0 Å². The molecule has 0 saturated heterocycles. The number of aromatic nitrogens is 2. The largest absolute Gasteiger partial charge is 0.423 e. The van der Waals surface area contributed by atoms with Gasteiger partial charge < -0.3 is 9.73 Å². The minimum atomic E-state index is 0.276. The van der Waals surface area contributed by atoms with Crippen LogP contribution in [-0.2, 0) is 0 Å². The molecule has 96 valence electrons. The van der Waals surface area contributed by atoms with Gasteiger partial charge in [0.1, 0.15) is 0 Å². The standard InChI is InChI=1S/C14H13N3OS/c1-10(13-6-3-7-19-13)16-12-5-2-4-11(8-12)14-17-15-9-18-14/h2-10,16H,1H3. The van der Waals surface area contributed by atoms with E-state index in [9.17, 15) is 0 Å². The predicted octanol–water partition coefficient (Wildman–Crippen LogP) is 3.97. The number of thiophene rings is 1. The van der Waals surface area contributed by atoms with Crippen LogP contribution in [0, 0.1) is 0 Å². The highest BCUT2D eigenvalue weighted by atomic mass is 32.1. The monoisotopic (exact) mass is 271 g/mol. The van der Waals surface area contributed by atoms with E-state index in [1.54, 1.807) is 11.3 Å². The molecule has 1 atom stereocenters. The van der Waals surface area contributed by atoms with E-state index in [-0.39, 0.29) is 6.04 Å². The second-order valence-corrected chi connectivity index (χ2v) is 5.19. The van der Waals surface area contributed by atoms with Gasteiger partial charge in [-0.25, -0.2) is 0 Å². The van der Waals surface area contributed by atoms with E-state index in [1.165, 1.54) is 11.3 Å². The summed E-state index contributed by atoms with van der Waals surface area (Å²) in [6, 6.07) is 12.4. The maximum atomic E-state index is 5.20. The summed E-state index contributed by atoms with van der Waals surface area (Å²) in [5.41, 5.74) is 1.96. The fraction of sp³-hybridized carbons (Fsp3) is 0.143. The highest BCUT2D eigenvalue weighted by molar-refractivity contribution is 7.10. The quantitative estimate of drug-likeness (QED) is 0.780. The van der Waals surface area contributed by atoms with Crippen molar-refractivity contribution in [1.82, 2.24) is 10.2 Å². The zero-order valence-corrected chi connectivity index (χ0v) is 11.2. The number of nitrogens with one attached hydrogen (secondary N) is 1. The van der Waals surface area contributed by atoms with Crippen LogP contribution in [0.25, 0.3) is 11.5 Å². The zero-order valence-electron chi connectivity index (χ0n) is 10.4. The third kappa shape index (κ3) is 2.66. The van der Waals surface area contributed by atoms with Gasteiger partial charge in [-0.2, -0.15) is 0 Å². The Balaban J connectivity index is 1.80. The molecule has 2 aromatic heterocycles. The van der Waals surface area contributed by atoms with Gasteiger partial charge in [-0.15, -0.1) is 21.5 Å². The molecular weight excluding hydrogens is 258 g/mol. The number of hydrogen-bond acceptors (Lipinski definition) is 5. The SMILES string of the molecule is CC(Nc1cccc(-c2nnco2)c1)c1cccs1. The van der Waals surface area contributed by atoms with Crippen LogP contribution in [0.15, 0.2) is 52.6 Å². The smallest absolute Gasteiger partial charge is 0.247 e. The van der Waals surface area contributed by atoms with Gasteiger partial charge in [0, 0.05) is 16.1 Å². The van der Waals surface area contributed by atoms with Crippen LogP contribution in [0.5, 0.6) is 0 Å². The highest BCUT2D eigenvalue weighted by Crippen LogP contribution is 2.25. The summed E-state index contributed by atoms with van der Waals surface area (Å²) >= 11 is 1.75. The van der Waals surface area contributed by atoms with Gasteiger partial charge in [-0.1, -0.05) is 12.1 Å². The van der Waals surface area contributed by atoms with Crippen molar-refractivity contribution >= 4 is 17.0 Å². The van der Waals surface area contributed by atoms with Crippen LogP contribution >= 0.6 is 11.3 Å². The molecule has 0 bridgehead atoms. The van der Waals surface area contributed by atoms with Gasteiger partial charge >= 0.3 is 0 Å². The molecule has 1 aromatic carbocycles. The minimum absolute atomic E-state index is 0.276. The summed E-state index contributed by atoms with van der Waals surface area (Å²) in [5.74, 6) is 0.535. The van der Waals surface area contributed by atoms with E-state index in [2.05, 4.69) is 40.0 Å². The van der Waals surface area contributed by atoms with E-state index in [4.69, 9.17) is 4.42 Å². The van der Waals surface area contributed by atoms with Crippen molar-refractivity contribution in [3.8, 4) is 11.5 Å². The fourth-order valence-corrected chi connectivity index (χ4v) is 2.63. The van der Waals surface area contributed by atoms with Crippen LogP contribution in [0.4, 0.5) is 5.69 Å². The molecule has 1 unspecified atom stereocenters. The highest BCUT2D eigenvalue weighted by Gasteiger charge is 2.08. The first-order valence-electron chi connectivity index (χ1n) is 5.99. The molecule has 4 nitrogen and oxygen atoms in total. The number of hydrogen-bond donors (Lipinski definition) is 1. The number of rotatable bonds is 4. The molecule has 3 rings (SSSR count). The normalized spacial score (nSPS) is 12.3.